The lowest BCUT2D eigenvalue weighted by Crippen LogP contribution is -2.41. The lowest BCUT2D eigenvalue weighted by molar-refractivity contribution is 0.245. The van der Waals surface area contributed by atoms with Crippen LogP contribution in [0, 0.1) is 0 Å². The number of urea groups is 1. The number of carbonyl (C=O) groups is 1. The fourth-order valence-corrected chi connectivity index (χ4v) is 2.01. The minimum absolute atomic E-state index is 0.105. The Balaban J connectivity index is 2.50. The van der Waals surface area contributed by atoms with Gasteiger partial charge in [0, 0.05) is 24.3 Å². The summed E-state index contributed by atoms with van der Waals surface area (Å²) in [7, 11) is 5.89. The molecule has 5 heteroatoms. The zero-order chi connectivity index (χ0) is 15.1. The van der Waals surface area contributed by atoms with E-state index in [1.54, 1.807) is 0 Å². The van der Waals surface area contributed by atoms with Crippen molar-refractivity contribution in [1.29, 1.82) is 0 Å². The minimum Gasteiger partial charge on any atom is -0.334 e. The second-order valence-corrected chi connectivity index (χ2v) is 5.39. The first-order valence-electron chi connectivity index (χ1n) is 6.92. The van der Waals surface area contributed by atoms with Crippen LogP contribution < -0.4 is 16.0 Å². The first-order chi connectivity index (χ1) is 9.42. The van der Waals surface area contributed by atoms with Crippen molar-refractivity contribution in [3.8, 4) is 0 Å². The van der Waals surface area contributed by atoms with Crippen molar-refractivity contribution in [3.05, 3.63) is 29.8 Å². The maximum absolute atomic E-state index is 11.8. The van der Waals surface area contributed by atoms with Crippen molar-refractivity contribution < 1.29 is 4.79 Å². The Bertz CT molecular complexity index is 416. The van der Waals surface area contributed by atoms with Gasteiger partial charge in [0.1, 0.15) is 0 Å². The molecular weight excluding hydrogens is 252 g/mol. The van der Waals surface area contributed by atoms with E-state index >= 15 is 0 Å². The molecule has 0 spiro atoms. The zero-order valence-electron chi connectivity index (χ0n) is 13.0. The number of anilines is 1. The van der Waals surface area contributed by atoms with E-state index in [9.17, 15) is 4.79 Å². The molecule has 0 radical (unpaired) electrons. The smallest absolute Gasteiger partial charge is 0.319 e. The molecule has 2 unspecified atom stereocenters. The molecule has 2 amide bonds. The molecule has 0 bridgehead atoms. The van der Waals surface area contributed by atoms with Gasteiger partial charge in [0.25, 0.3) is 0 Å². The monoisotopic (exact) mass is 278 g/mol. The standard InChI is InChI=1S/C15H26N4O/c1-11(10-19(4)5)17-15(20)18-14-8-6-13(7-9-14)12(2)16-3/h6-9,11-12,16H,10H2,1-5H3,(H2,17,18,20). The highest BCUT2D eigenvalue weighted by Gasteiger charge is 2.08. The van der Waals surface area contributed by atoms with Crippen LogP contribution in [-0.4, -0.2) is 44.7 Å². The predicted octanol–water partition coefficient (Wildman–Crippen LogP) is 2.04. The number of hydrogen-bond donors (Lipinski definition) is 3. The van der Waals surface area contributed by atoms with Crippen LogP contribution in [0.1, 0.15) is 25.5 Å². The van der Waals surface area contributed by atoms with Gasteiger partial charge in [-0.1, -0.05) is 12.1 Å². The van der Waals surface area contributed by atoms with Gasteiger partial charge < -0.3 is 20.9 Å². The van der Waals surface area contributed by atoms with Gasteiger partial charge in [0.05, 0.1) is 0 Å². The lowest BCUT2D eigenvalue weighted by atomic mass is 10.1. The Morgan fingerprint density at radius 3 is 2.30 bits per heavy atom. The minimum atomic E-state index is -0.172. The largest absolute Gasteiger partial charge is 0.334 e. The highest BCUT2D eigenvalue weighted by Crippen LogP contribution is 2.15. The summed E-state index contributed by atoms with van der Waals surface area (Å²) in [5, 5.41) is 8.93. The van der Waals surface area contributed by atoms with E-state index in [1.165, 1.54) is 5.56 Å². The second kappa shape index (κ2) is 7.87. The van der Waals surface area contributed by atoms with Crippen LogP contribution in [0.4, 0.5) is 10.5 Å². The number of nitrogens with zero attached hydrogens (tertiary/aromatic N) is 1. The number of rotatable bonds is 6. The third-order valence-corrected chi connectivity index (χ3v) is 3.12. The molecule has 1 rings (SSSR count). The normalized spacial score (nSPS) is 13.9. The molecule has 20 heavy (non-hydrogen) atoms. The van der Waals surface area contributed by atoms with E-state index < -0.39 is 0 Å². The molecule has 0 heterocycles. The molecule has 5 nitrogen and oxygen atoms in total. The molecule has 0 saturated heterocycles. The quantitative estimate of drug-likeness (QED) is 0.746. The van der Waals surface area contributed by atoms with Crippen molar-refractivity contribution in [3.63, 3.8) is 0 Å². The molecule has 112 valence electrons. The van der Waals surface area contributed by atoms with Crippen LogP contribution in [-0.2, 0) is 0 Å². The van der Waals surface area contributed by atoms with Crippen LogP contribution in [0.2, 0.25) is 0 Å². The Morgan fingerprint density at radius 2 is 1.80 bits per heavy atom. The van der Waals surface area contributed by atoms with E-state index in [0.29, 0.717) is 6.04 Å². The van der Waals surface area contributed by atoms with Crippen LogP contribution in [0.25, 0.3) is 0 Å². The van der Waals surface area contributed by atoms with Gasteiger partial charge in [0.2, 0.25) is 0 Å². The maximum atomic E-state index is 11.8. The van der Waals surface area contributed by atoms with Gasteiger partial charge in [-0.15, -0.1) is 0 Å². The maximum Gasteiger partial charge on any atom is 0.319 e. The predicted molar refractivity (Wildman–Crippen MR) is 84.1 cm³/mol. The van der Waals surface area contributed by atoms with Crippen molar-refractivity contribution in [1.82, 2.24) is 15.5 Å². The van der Waals surface area contributed by atoms with Gasteiger partial charge in [-0.2, -0.15) is 0 Å². The van der Waals surface area contributed by atoms with Crippen molar-refractivity contribution >= 4 is 11.7 Å². The van der Waals surface area contributed by atoms with Crippen molar-refractivity contribution in [2.24, 2.45) is 0 Å². The first-order valence-corrected chi connectivity index (χ1v) is 6.92. The number of nitrogens with one attached hydrogen (secondary N) is 3. The summed E-state index contributed by atoms with van der Waals surface area (Å²) >= 11 is 0. The third kappa shape index (κ3) is 5.59. The van der Waals surface area contributed by atoms with Crippen LogP contribution >= 0.6 is 0 Å². The zero-order valence-corrected chi connectivity index (χ0v) is 13.0. The van der Waals surface area contributed by atoms with E-state index in [-0.39, 0.29) is 12.1 Å². The summed E-state index contributed by atoms with van der Waals surface area (Å²) in [4.78, 5) is 13.9. The summed E-state index contributed by atoms with van der Waals surface area (Å²) < 4.78 is 0. The molecule has 0 aliphatic rings. The van der Waals surface area contributed by atoms with Gasteiger partial charge >= 0.3 is 6.03 Å². The fraction of sp³-hybridized carbons (Fsp3) is 0.533. The third-order valence-electron chi connectivity index (χ3n) is 3.12. The van der Waals surface area contributed by atoms with Crippen LogP contribution in [0.3, 0.4) is 0 Å². The topological polar surface area (TPSA) is 56.4 Å². The summed E-state index contributed by atoms with van der Waals surface area (Å²) in [6.45, 7) is 4.89. The second-order valence-electron chi connectivity index (χ2n) is 5.39. The Morgan fingerprint density at radius 1 is 1.20 bits per heavy atom. The van der Waals surface area contributed by atoms with Crippen LogP contribution in [0.5, 0.6) is 0 Å². The number of amides is 2. The molecular formula is C15H26N4O. The van der Waals surface area contributed by atoms with Crippen molar-refractivity contribution in [2.75, 3.05) is 33.0 Å². The summed E-state index contributed by atoms with van der Waals surface area (Å²) in [6, 6.07) is 8.10. The molecule has 0 fully saturated rings. The molecule has 1 aromatic rings. The Hall–Kier alpha value is -1.59. The number of carbonyl (C=O) groups excluding carboxylic acids is 1. The number of benzene rings is 1. The molecule has 0 saturated carbocycles. The summed E-state index contributed by atoms with van der Waals surface area (Å²) in [5.41, 5.74) is 1.99. The highest BCUT2D eigenvalue weighted by atomic mass is 16.2. The van der Waals surface area contributed by atoms with E-state index in [2.05, 4.69) is 22.9 Å². The fourth-order valence-electron chi connectivity index (χ4n) is 2.01. The van der Waals surface area contributed by atoms with Gasteiger partial charge in [-0.3, -0.25) is 0 Å². The first kappa shape index (κ1) is 16.5. The van der Waals surface area contributed by atoms with E-state index in [0.717, 1.165) is 12.2 Å². The van der Waals surface area contributed by atoms with Gasteiger partial charge in [-0.25, -0.2) is 4.79 Å². The molecule has 1 aromatic carbocycles. The highest BCUT2D eigenvalue weighted by molar-refractivity contribution is 5.89. The number of likely N-dealkylation sites (N-methyl/N-ethyl adjacent to an activating group) is 1. The Kier molecular flexibility index (Phi) is 6.48. The van der Waals surface area contributed by atoms with E-state index in [4.69, 9.17) is 0 Å². The van der Waals surface area contributed by atoms with Crippen molar-refractivity contribution in [2.45, 2.75) is 25.9 Å². The molecule has 3 N–H and O–H groups in total. The average molecular weight is 278 g/mol. The average Bonchev–Trinajstić information content (AvgIpc) is 2.37. The van der Waals surface area contributed by atoms with Gasteiger partial charge in [-0.05, 0) is 52.7 Å². The summed E-state index contributed by atoms with van der Waals surface area (Å²) in [5.74, 6) is 0. The molecule has 0 aliphatic heterocycles. The Labute approximate surface area is 121 Å². The van der Waals surface area contributed by atoms with Crippen LogP contribution in [0.15, 0.2) is 24.3 Å². The summed E-state index contributed by atoms with van der Waals surface area (Å²) in [6.07, 6.45) is 0. The van der Waals surface area contributed by atoms with E-state index in [1.807, 2.05) is 57.2 Å². The molecule has 0 aliphatic carbocycles. The molecule has 2 atom stereocenters. The SMILES string of the molecule is CNC(C)c1ccc(NC(=O)NC(C)CN(C)C)cc1. The number of hydrogen-bond acceptors (Lipinski definition) is 3. The lowest BCUT2D eigenvalue weighted by Gasteiger charge is -2.18. The van der Waals surface area contributed by atoms with Gasteiger partial charge in [0.15, 0.2) is 0 Å². The molecule has 0 aromatic heterocycles.